The molecule has 0 spiro atoms. The molecule has 0 aliphatic rings. The summed E-state index contributed by atoms with van der Waals surface area (Å²) in [5, 5.41) is -0.306. The molecule has 1 aromatic heterocycles. The molecule has 1 heterocycles. The molecule has 7 rings (SSSR count). The molecular formula is C48H36O11S. The van der Waals surface area contributed by atoms with E-state index in [2.05, 4.69) is 0 Å². The van der Waals surface area contributed by atoms with Gasteiger partial charge in [0.05, 0.1) is 22.3 Å². The van der Waals surface area contributed by atoms with E-state index in [0.717, 1.165) is 17.4 Å². The van der Waals surface area contributed by atoms with E-state index in [1.807, 2.05) is 13.8 Å². The van der Waals surface area contributed by atoms with Gasteiger partial charge >= 0.3 is 28.0 Å². The van der Waals surface area contributed by atoms with Gasteiger partial charge in [-0.15, -0.1) is 0 Å². The fourth-order valence-corrected chi connectivity index (χ4v) is 7.05. The van der Waals surface area contributed by atoms with Gasteiger partial charge in [-0.05, 0) is 87.9 Å². The lowest BCUT2D eigenvalue weighted by Gasteiger charge is -2.18. The van der Waals surface area contributed by atoms with Crippen LogP contribution in [-0.2, 0) is 16.5 Å². The van der Waals surface area contributed by atoms with Gasteiger partial charge in [0.15, 0.2) is 5.75 Å². The fraction of sp³-hybridized carbons (Fsp3) is 0.0833. The molecule has 0 aliphatic heterocycles. The molecule has 6 aromatic carbocycles. The van der Waals surface area contributed by atoms with Gasteiger partial charge in [-0.25, -0.2) is 14.4 Å². The van der Waals surface area contributed by atoms with E-state index in [4.69, 9.17) is 22.8 Å². The fourth-order valence-electron chi connectivity index (χ4n) is 6.08. The lowest BCUT2D eigenvalue weighted by atomic mass is 10.00. The Hall–Kier alpha value is -7.57. The lowest BCUT2D eigenvalue weighted by Crippen LogP contribution is -2.17. The molecule has 0 aliphatic carbocycles. The summed E-state index contributed by atoms with van der Waals surface area (Å²) < 4.78 is 57.4. The van der Waals surface area contributed by atoms with Crippen LogP contribution in [0.4, 0.5) is 0 Å². The normalized spacial score (nSPS) is 11.1. The highest BCUT2D eigenvalue weighted by Crippen LogP contribution is 2.41. The number of carbonyl (C=O) groups is 3. The number of fused-ring (bicyclic) bond motifs is 1. The maximum Gasteiger partial charge on any atom is 0.343 e. The largest absolute Gasteiger partial charge is 0.463 e. The third kappa shape index (κ3) is 9.09. The first kappa shape index (κ1) is 40.6. The summed E-state index contributed by atoms with van der Waals surface area (Å²) in [7, 11) is -4.63. The van der Waals surface area contributed by atoms with Crippen molar-refractivity contribution in [3.05, 3.63) is 195 Å². The van der Waals surface area contributed by atoms with Crippen LogP contribution in [0, 0.1) is 6.92 Å². The van der Waals surface area contributed by atoms with E-state index < -0.39 is 39.2 Å². The van der Waals surface area contributed by atoms with Crippen molar-refractivity contribution in [2.75, 3.05) is 0 Å². The highest BCUT2D eigenvalue weighted by molar-refractivity contribution is 7.87. The minimum absolute atomic E-state index is 0.00395. The van der Waals surface area contributed by atoms with Crippen LogP contribution in [0.1, 0.15) is 56.0 Å². The van der Waals surface area contributed by atoms with Crippen LogP contribution in [-0.4, -0.2) is 26.3 Å². The van der Waals surface area contributed by atoms with E-state index in [9.17, 15) is 27.6 Å². The van der Waals surface area contributed by atoms with Crippen molar-refractivity contribution in [1.29, 1.82) is 0 Å². The van der Waals surface area contributed by atoms with Crippen LogP contribution in [0.5, 0.6) is 23.0 Å². The van der Waals surface area contributed by atoms with Crippen molar-refractivity contribution in [2.24, 2.45) is 0 Å². The molecule has 12 heteroatoms. The number of ether oxygens (including phenoxy) is 3. The average Bonchev–Trinajstić information content (AvgIpc) is 3.24. The van der Waals surface area contributed by atoms with Gasteiger partial charge in [-0.1, -0.05) is 83.9 Å². The highest BCUT2D eigenvalue weighted by Gasteiger charge is 2.29. The zero-order valence-corrected chi connectivity index (χ0v) is 33.4. The predicted molar refractivity (Wildman–Crippen MR) is 224 cm³/mol. The van der Waals surface area contributed by atoms with Gasteiger partial charge in [-0.2, -0.15) is 8.42 Å². The van der Waals surface area contributed by atoms with Gasteiger partial charge < -0.3 is 22.8 Å². The number of hydrogen-bond acceptors (Lipinski definition) is 11. The minimum atomic E-state index is -4.63. The molecule has 11 nitrogen and oxygen atoms in total. The zero-order chi connectivity index (χ0) is 42.4. The Morgan fingerprint density at radius 2 is 1.17 bits per heavy atom. The van der Waals surface area contributed by atoms with Gasteiger partial charge in [-0.3, -0.25) is 4.79 Å². The van der Waals surface area contributed by atoms with Crippen LogP contribution in [0.2, 0.25) is 0 Å². The first-order valence-corrected chi connectivity index (χ1v) is 20.0. The molecular weight excluding hydrogens is 785 g/mol. The Kier molecular flexibility index (Phi) is 11.9. The van der Waals surface area contributed by atoms with Gasteiger partial charge in [0.25, 0.3) is 0 Å². The van der Waals surface area contributed by atoms with Crippen LogP contribution < -0.4 is 23.8 Å². The van der Waals surface area contributed by atoms with Crippen LogP contribution >= 0.6 is 0 Å². The summed E-state index contributed by atoms with van der Waals surface area (Å²) in [6.07, 6.45) is 2.83. The van der Waals surface area contributed by atoms with Crippen molar-refractivity contribution in [1.82, 2.24) is 0 Å². The average molecular weight is 821 g/mol. The second-order valence-electron chi connectivity index (χ2n) is 13.8. The third-order valence-corrected chi connectivity index (χ3v) is 10.4. The number of hydrogen-bond donors (Lipinski definition) is 0. The first-order chi connectivity index (χ1) is 28.9. The Balaban J connectivity index is 1.43. The molecule has 0 bridgehead atoms. The second-order valence-corrected chi connectivity index (χ2v) is 15.3. The maximum atomic E-state index is 14.9. The summed E-state index contributed by atoms with van der Waals surface area (Å²) >= 11 is 0. The number of carbonyl (C=O) groups excluding carboxylic acids is 3. The number of aryl methyl sites for hydroxylation is 1. The number of esters is 3. The third-order valence-electron chi connectivity index (χ3n) is 9.19. The molecule has 0 unspecified atom stereocenters. The molecule has 60 heavy (non-hydrogen) atoms. The minimum Gasteiger partial charge on any atom is -0.463 e. The van der Waals surface area contributed by atoms with E-state index in [-0.39, 0.29) is 72.9 Å². The van der Waals surface area contributed by atoms with E-state index >= 15 is 0 Å². The van der Waals surface area contributed by atoms with Crippen LogP contribution in [0.3, 0.4) is 0 Å². The quantitative estimate of drug-likeness (QED) is 0.0501. The maximum absolute atomic E-state index is 14.9. The molecule has 300 valence electrons. The standard InChI is InChI=1S/C48H36O11S/c1-30(2)19-25-38-41(58-48(52)34-17-11-6-12-18-34)28-42-43(45(38)59-60(53,54)36-23-20-31(3)21-24-36)44(49)39(29-55-42)37-26-22-35(56-46(50)32-13-7-4-8-14-32)27-40(37)57-47(51)33-15-9-5-10-16-33/h4-24,26-29H,25H2,1-3H3. The summed E-state index contributed by atoms with van der Waals surface area (Å²) in [5.74, 6) is -2.95. The lowest BCUT2D eigenvalue weighted by molar-refractivity contribution is 0.0719. The van der Waals surface area contributed by atoms with Crippen molar-refractivity contribution in [2.45, 2.75) is 32.1 Å². The molecule has 0 saturated heterocycles. The zero-order valence-electron chi connectivity index (χ0n) is 32.5. The molecule has 0 radical (unpaired) electrons. The Labute approximate surface area is 345 Å². The van der Waals surface area contributed by atoms with E-state index in [1.165, 1.54) is 36.4 Å². The Morgan fingerprint density at radius 1 is 0.633 bits per heavy atom. The highest BCUT2D eigenvalue weighted by atomic mass is 32.2. The summed E-state index contributed by atoms with van der Waals surface area (Å²) in [6.45, 7) is 5.45. The molecule has 0 atom stereocenters. The summed E-state index contributed by atoms with van der Waals surface area (Å²) in [5.41, 5.74) is 1.28. The molecule has 0 saturated carbocycles. The van der Waals surface area contributed by atoms with E-state index in [0.29, 0.717) is 0 Å². The monoisotopic (exact) mass is 820 g/mol. The summed E-state index contributed by atoms with van der Waals surface area (Å²) in [6, 6.07) is 35.9. The van der Waals surface area contributed by atoms with E-state index in [1.54, 1.807) is 116 Å². The van der Waals surface area contributed by atoms with Crippen molar-refractivity contribution in [3.8, 4) is 34.1 Å². The predicted octanol–water partition coefficient (Wildman–Crippen LogP) is 9.70. The Bertz CT molecular complexity index is 2930. The Morgan fingerprint density at radius 3 is 1.72 bits per heavy atom. The van der Waals surface area contributed by atoms with Crippen molar-refractivity contribution < 1.29 is 45.6 Å². The second kappa shape index (κ2) is 17.5. The van der Waals surface area contributed by atoms with Crippen molar-refractivity contribution in [3.63, 3.8) is 0 Å². The number of allylic oxidation sites excluding steroid dienone is 2. The van der Waals surface area contributed by atoms with Crippen LogP contribution in [0.15, 0.2) is 172 Å². The first-order valence-electron chi connectivity index (χ1n) is 18.6. The van der Waals surface area contributed by atoms with Gasteiger partial charge in [0.2, 0.25) is 5.43 Å². The topological polar surface area (TPSA) is 152 Å². The molecule has 0 N–H and O–H groups in total. The SMILES string of the molecule is CC(C)=CCc1c(OC(=O)c2ccccc2)cc2occ(-c3ccc(OC(=O)c4ccccc4)cc3OC(=O)c3ccccc3)c(=O)c2c1OS(=O)(=O)c1ccc(C)cc1. The number of benzene rings is 6. The van der Waals surface area contributed by atoms with Crippen LogP contribution in [0.25, 0.3) is 22.1 Å². The molecule has 0 amide bonds. The van der Waals surface area contributed by atoms with Crippen molar-refractivity contribution >= 4 is 39.0 Å². The summed E-state index contributed by atoms with van der Waals surface area (Å²) in [4.78, 5) is 54.6. The van der Waals surface area contributed by atoms with Gasteiger partial charge in [0.1, 0.15) is 39.4 Å². The smallest absolute Gasteiger partial charge is 0.343 e. The van der Waals surface area contributed by atoms with Gasteiger partial charge in [0, 0.05) is 23.3 Å². The molecule has 0 fully saturated rings. The number of rotatable bonds is 12. The molecule has 7 aromatic rings.